The molecule has 1 saturated heterocycles. The molecule has 1 aromatic rings. The molecule has 3 rings (SSSR count). The Morgan fingerprint density at radius 2 is 2.04 bits per heavy atom. The number of fused-ring (bicyclic) bond motifs is 1. The first kappa shape index (κ1) is 17.3. The topological polar surface area (TPSA) is 111 Å². The van der Waals surface area contributed by atoms with Gasteiger partial charge in [-0.15, -0.1) is 0 Å². The van der Waals surface area contributed by atoms with Crippen molar-refractivity contribution < 1.29 is 17.9 Å². The molecule has 24 heavy (non-hydrogen) atoms. The molecule has 4 N–H and O–H groups in total. The summed E-state index contributed by atoms with van der Waals surface area (Å²) in [5.41, 5.74) is 6.99. The van der Waals surface area contributed by atoms with Gasteiger partial charge in [0.1, 0.15) is 0 Å². The smallest absolute Gasteiger partial charge is 0.240 e. The van der Waals surface area contributed by atoms with Crippen LogP contribution in [0.25, 0.3) is 0 Å². The first-order chi connectivity index (χ1) is 11.4. The fourth-order valence-corrected chi connectivity index (χ4v) is 4.13. The van der Waals surface area contributed by atoms with Crippen molar-refractivity contribution in [3.8, 4) is 0 Å². The van der Waals surface area contributed by atoms with Gasteiger partial charge in [0, 0.05) is 25.0 Å². The number of carbonyl (C=O) groups excluding carboxylic acids is 1. The molecule has 1 aromatic carbocycles. The van der Waals surface area contributed by atoms with Crippen LogP contribution in [0.3, 0.4) is 0 Å². The first-order valence-corrected chi connectivity index (χ1v) is 9.60. The van der Waals surface area contributed by atoms with E-state index in [9.17, 15) is 13.2 Å². The van der Waals surface area contributed by atoms with Crippen LogP contribution in [0.1, 0.15) is 18.4 Å². The molecule has 8 heteroatoms. The minimum Gasteiger partial charge on any atom is -0.376 e. The average Bonchev–Trinajstić information content (AvgIpc) is 3.03. The number of ether oxygens (including phenoxy) is 1. The first-order valence-electron chi connectivity index (χ1n) is 8.11. The van der Waals surface area contributed by atoms with Crippen molar-refractivity contribution in [2.24, 2.45) is 11.7 Å². The molecule has 1 saturated carbocycles. The van der Waals surface area contributed by atoms with Gasteiger partial charge >= 0.3 is 0 Å². The van der Waals surface area contributed by atoms with E-state index < -0.39 is 10.0 Å². The highest BCUT2D eigenvalue weighted by molar-refractivity contribution is 7.89. The Bertz CT molecular complexity index is 705. The van der Waals surface area contributed by atoms with E-state index in [0.29, 0.717) is 18.8 Å². The van der Waals surface area contributed by atoms with Gasteiger partial charge in [-0.3, -0.25) is 4.79 Å². The zero-order valence-corrected chi connectivity index (χ0v) is 14.4. The summed E-state index contributed by atoms with van der Waals surface area (Å²) in [6, 6.07) is 6.42. The van der Waals surface area contributed by atoms with Crippen molar-refractivity contribution in [1.29, 1.82) is 0 Å². The van der Waals surface area contributed by atoms with Crippen LogP contribution in [0.4, 0.5) is 0 Å². The maximum atomic E-state index is 12.1. The summed E-state index contributed by atoms with van der Waals surface area (Å²) in [5.74, 6) is 0.313. The zero-order valence-electron chi connectivity index (χ0n) is 13.6. The fourth-order valence-electron chi connectivity index (χ4n) is 3.40. The lowest BCUT2D eigenvalue weighted by Crippen LogP contribution is -2.68. The van der Waals surface area contributed by atoms with Crippen LogP contribution in [0.5, 0.6) is 0 Å². The minimum absolute atomic E-state index is 0.0208. The third-order valence-corrected chi connectivity index (χ3v) is 6.35. The van der Waals surface area contributed by atoms with E-state index in [0.717, 1.165) is 18.6 Å². The van der Waals surface area contributed by atoms with Crippen LogP contribution in [0.15, 0.2) is 29.2 Å². The molecule has 1 aliphatic carbocycles. The van der Waals surface area contributed by atoms with Gasteiger partial charge in [0.2, 0.25) is 15.9 Å². The second kappa shape index (κ2) is 6.79. The number of benzene rings is 1. The van der Waals surface area contributed by atoms with Gasteiger partial charge in [0.05, 0.1) is 17.0 Å². The number of hydrogen-bond acceptors (Lipinski definition) is 5. The number of amides is 1. The van der Waals surface area contributed by atoms with E-state index in [1.807, 2.05) is 0 Å². The number of carbonyl (C=O) groups is 1. The number of sulfonamides is 1. The predicted molar refractivity (Wildman–Crippen MR) is 88.8 cm³/mol. The van der Waals surface area contributed by atoms with Gasteiger partial charge in [-0.05, 0) is 37.6 Å². The van der Waals surface area contributed by atoms with E-state index in [4.69, 9.17) is 10.5 Å². The van der Waals surface area contributed by atoms with Crippen LogP contribution >= 0.6 is 0 Å². The lowest BCUT2D eigenvalue weighted by molar-refractivity contribution is -0.125. The van der Waals surface area contributed by atoms with Crippen LogP contribution < -0.4 is 15.8 Å². The summed E-state index contributed by atoms with van der Waals surface area (Å²) < 4.78 is 31.2. The molecular weight excluding hydrogens is 330 g/mol. The summed E-state index contributed by atoms with van der Waals surface area (Å²) in [4.78, 5) is 12.3. The van der Waals surface area contributed by atoms with Gasteiger partial charge in [0.15, 0.2) is 0 Å². The maximum absolute atomic E-state index is 12.1. The largest absolute Gasteiger partial charge is 0.376 e. The van der Waals surface area contributed by atoms with Gasteiger partial charge in [-0.25, -0.2) is 13.1 Å². The molecule has 1 amide bonds. The SMILES string of the molecule is CNS(=O)(=O)c1ccc(CCC(=O)N[C@@H]2[C@@H](N)[C@H]3CCO[C@H]32)cc1. The lowest BCUT2D eigenvalue weighted by atomic mass is 9.72. The molecule has 1 heterocycles. The molecular formula is C16H23N3O4S. The highest BCUT2D eigenvalue weighted by Crippen LogP contribution is 2.37. The Hall–Kier alpha value is -1.48. The second-order valence-electron chi connectivity index (χ2n) is 6.31. The molecule has 1 aliphatic heterocycles. The Morgan fingerprint density at radius 1 is 1.33 bits per heavy atom. The molecule has 0 spiro atoms. The van der Waals surface area contributed by atoms with Crippen molar-refractivity contribution in [3.05, 3.63) is 29.8 Å². The predicted octanol–water partition coefficient (Wildman–Crippen LogP) is -0.242. The van der Waals surface area contributed by atoms with Crippen LogP contribution in [0.2, 0.25) is 0 Å². The Kier molecular flexibility index (Phi) is 4.91. The maximum Gasteiger partial charge on any atom is 0.240 e. The van der Waals surface area contributed by atoms with Crippen LogP contribution in [0, 0.1) is 5.92 Å². The van der Waals surface area contributed by atoms with Crippen LogP contribution in [-0.2, 0) is 26.0 Å². The molecule has 0 radical (unpaired) electrons. The van der Waals surface area contributed by atoms with E-state index in [2.05, 4.69) is 10.0 Å². The van der Waals surface area contributed by atoms with E-state index in [1.165, 1.54) is 19.2 Å². The van der Waals surface area contributed by atoms with E-state index in [1.54, 1.807) is 12.1 Å². The van der Waals surface area contributed by atoms with E-state index >= 15 is 0 Å². The molecule has 0 unspecified atom stereocenters. The van der Waals surface area contributed by atoms with Crippen molar-refractivity contribution in [2.75, 3.05) is 13.7 Å². The van der Waals surface area contributed by atoms with Gasteiger partial charge < -0.3 is 15.8 Å². The minimum atomic E-state index is -3.43. The van der Waals surface area contributed by atoms with Gasteiger partial charge in [-0.1, -0.05) is 12.1 Å². The number of hydrogen-bond donors (Lipinski definition) is 3. The Balaban J connectivity index is 1.50. The monoisotopic (exact) mass is 353 g/mol. The molecule has 0 aromatic heterocycles. The lowest BCUT2D eigenvalue weighted by Gasteiger charge is -2.45. The van der Waals surface area contributed by atoms with Crippen molar-refractivity contribution >= 4 is 15.9 Å². The van der Waals surface area contributed by atoms with Crippen LogP contribution in [-0.4, -0.2) is 46.2 Å². The third kappa shape index (κ3) is 3.32. The summed E-state index contributed by atoms with van der Waals surface area (Å²) >= 11 is 0. The highest BCUT2D eigenvalue weighted by Gasteiger charge is 2.52. The van der Waals surface area contributed by atoms with Gasteiger partial charge in [0.25, 0.3) is 0 Å². The molecule has 0 bridgehead atoms. The molecule has 7 nitrogen and oxygen atoms in total. The van der Waals surface area contributed by atoms with Crippen molar-refractivity contribution in [1.82, 2.24) is 10.0 Å². The quantitative estimate of drug-likeness (QED) is 0.654. The molecule has 2 fully saturated rings. The Morgan fingerprint density at radius 3 is 2.71 bits per heavy atom. The molecule has 4 atom stereocenters. The average molecular weight is 353 g/mol. The Labute approximate surface area is 142 Å². The number of aryl methyl sites for hydroxylation is 1. The standard InChI is InChI=1S/C16H23N3O4S/c1-18-24(21,22)11-5-2-10(3-6-11)4-7-13(20)19-15-14(17)12-8-9-23-16(12)15/h2-3,5-6,12,14-16,18H,4,7-9,17H2,1H3,(H,19,20)/t12-,14+,15-,16-/m1/s1. The second-order valence-corrected chi connectivity index (χ2v) is 8.20. The number of rotatable bonds is 6. The van der Waals surface area contributed by atoms with Crippen molar-refractivity contribution in [3.63, 3.8) is 0 Å². The summed E-state index contributed by atoms with van der Waals surface area (Å²) in [5, 5.41) is 2.96. The molecule has 2 aliphatic rings. The summed E-state index contributed by atoms with van der Waals surface area (Å²) in [6.07, 6.45) is 1.91. The number of nitrogens with one attached hydrogen (secondary N) is 2. The van der Waals surface area contributed by atoms with Gasteiger partial charge in [-0.2, -0.15) is 0 Å². The highest BCUT2D eigenvalue weighted by atomic mass is 32.2. The summed E-state index contributed by atoms with van der Waals surface area (Å²) in [6.45, 7) is 0.720. The molecule has 132 valence electrons. The van der Waals surface area contributed by atoms with E-state index in [-0.39, 0.29) is 29.0 Å². The summed E-state index contributed by atoms with van der Waals surface area (Å²) in [7, 11) is -2.06. The van der Waals surface area contributed by atoms with Crippen molar-refractivity contribution in [2.45, 2.75) is 42.3 Å². The third-order valence-electron chi connectivity index (χ3n) is 4.92. The fraction of sp³-hybridized carbons (Fsp3) is 0.562. The zero-order chi connectivity index (χ0) is 17.3. The number of nitrogens with two attached hydrogens (primary N) is 1. The normalized spacial score (nSPS) is 28.9.